The molecule has 0 heterocycles. The first-order valence-corrected chi connectivity index (χ1v) is 13.0. The number of nitrogens with two attached hydrogens (primary N) is 1. The SMILES string of the molecule is CCC1(Cl)C2CC3(C(=S)NC4CCC(CN)CC4)CC1CC(c1ccccc1)(C2)C3. The standard InChI is InChI=1S/C26H37ClN2S/c1-2-26(27)20-12-24(19-6-4-3-5-7-19)13-21(26)15-25(14-20,17-24)23(30)29-22-10-8-18(16-28)9-11-22/h3-7,18,20-22H,2,8-17,28H2,1H3,(H,29,30). The molecular formula is C26H37ClN2S. The molecule has 1 aromatic carbocycles. The van der Waals surface area contributed by atoms with Gasteiger partial charge in [0.15, 0.2) is 0 Å². The molecular weight excluding hydrogens is 408 g/mol. The molecule has 5 aliphatic carbocycles. The van der Waals surface area contributed by atoms with E-state index in [1.807, 2.05) is 0 Å². The number of hydrogen-bond donors (Lipinski definition) is 2. The molecule has 0 amide bonds. The Morgan fingerprint density at radius 1 is 1.07 bits per heavy atom. The zero-order chi connectivity index (χ0) is 21.0. The van der Waals surface area contributed by atoms with Crippen LogP contribution in [0.15, 0.2) is 30.3 Å². The fourth-order valence-electron chi connectivity index (χ4n) is 8.00. The smallest absolute Gasteiger partial charge is 0.0818 e. The molecule has 0 saturated heterocycles. The lowest BCUT2D eigenvalue weighted by Gasteiger charge is -2.68. The highest BCUT2D eigenvalue weighted by atomic mass is 35.5. The Labute approximate surface area is 192 Å². The molecule has 164 valence electrons. The van der Waals surface area contributed by atoms with Gasteiger partial charge < -0.3 is 11.1 Å². The lowest BCUT2D eigenvalue weighted by atomic mass is 9.39. The third-order valence-corrected chi connectivity index (χ3v) is 10.9. The van der Waals surface area contributed by atoms with Gasteiger partial charge >= 0.3 is 0 Å². The fraction of sp³-hybridized carbons (Fsp3) is 0.731. The van der Waals surface area contributed by atoms with E-state index in [1.165, 1.54) is 63.4 Å². The van der Waals surface area contributed by atoms with Crippen LogP contribution in [0.1, 0.15) is 76.7 Å². The summed E-state index contributed by atoms with van der Waals surface area (Å²) in [6, 6.07) is 11.8. The molecule has 2 atom stereocenters. The average molecular weight is 445 g/mol. The summed E-state index contributed by atoms with van der Waals surface area (Å²) in [7, 11) is 0. The molecule has 30 heavy (non-hydrogen) atoms. The van der Waals surface area contributed by atoms with Gasteiger partial charge in [0.2, 0.25) is 0 Å². The van der Waals surface area contributed by atoms with Crippen LogP contribution in [0.3, 0.4) is 0 Å². The highest BCUT2D eigenvalue weighted by Gasteiger charge is 2.67. The maximum Gasteiger partial charge on any atom is 0.0818 e. The van der Waals surface area contributed by atoms with Gasteiger partial charge in [-0.2, -0.15) is 0 Å². The molecule has 0 spiro atoms. The Balaban J connectivity index is 1.42. The number of halogens is 1. The second-order valence-corrected chi connectivity index (χ2v) is 12.1. The van der Waals surface area contributed by atoms with E-state index in [1.54, 1.807) is 0 Å². The van der Waals surface area contributed by atoms with E-state index in [2.05, 4.69) is 42.6 Å². The molecule has 4 bridgehead atoms. The van der Waals surface area contributed by atoms with Gasteiger partial charge in [0.25, 0.3) is 0 Å². The van der Waals surface area contributed by atoms with Crippen molar-refractivity contribution in [1.82, 2.24) is 5.32 Å². The minimum absolute atomic E-state index is 0.0308. The van der Waals surface area contributed by atoms with E-state index in [4.69, 9.17) is 29.6 Å². The molecule has 5 fully saturated rings. The van der Waals surface area contributed by atoms with E-state index in [0.717, 1.165) is 18.0 Å². The number of nitrogens with one attached hydrogen (secondary N) is 1. The van der Waals surface area contributed by atoms with Gasteiger partial charge in [0.05, 0.1) is 9.86 Å². The molecule has 1 aromatic rings. The monoisotopic (exact) mass is 444 g/mol. The van der Waals surface area contributed by atoms with Crippen molar-refractivity contribution in [3.8, 4) is 0 Å². The van der Waals surface area contributed by atoms with Gasteiger partial charge in [-0.3, -0.25) is 0 Å². The van der Waals surface area contributed by atoms with E-state index >= 15 is 0 Å². The van der Waals surface area contributed by atoms with Crippen molar-refractivity contribution in [2.75, 3.05) is 6.54 Å². The molecule has 3 N–H and O–H groups in total. The third kappa shape index (κ3) is 3.26. The van der Waals surface area contributed by atoms with Gasteiger partial charge in [0.1, 0.15) is 0 Å². The summed E-state index contributed by atoms with van der Waals surface area (Å²) < 4.78 is 0. The first-order chi connectivity index (χ1) is 14.4. The van der Waals surface area contributed by atoms with Crippen LogP contribution in [-0.4, -0.2) is 22.4 Å². The molecule has 0 aliphatic heterocycles. The van der Waals surface area contributed by atoms with Crippen LogP contribution >= 0.6 is 23.8 Å². The summed E-state index contributed by atoms with van der Waals surface area (Å²) in [5.41, 5.74) is 7.81. The van der Waals surface area contributed by atoms with Crippen molar-refractivity contribution >= 4 is 28.8 Å². The Hall–Kier alpha value is -0.640. The Morgan fingerprint density at radius 3 is 2.27 bits per heavy atom. The second kappa shape index (κ2) is 7.74. The van der Waals surface area contributed by atoms with Gasteiger partial charge in [0, 0.05) is 11.5 Å². The van der Waals surface area contributed by atoms with E-state index < -0.39 is 0 Å². The van der Waals surface area contributed by atoms with Crippen molar-refractivity contribution in [2.45, 2.75) is 87.5 Å². The largest absolute Gasteiger partial charge is 0.376 e. The average Bonchev–Trinajstić information content (AvgIpc) is 2.78. The van der Waals surface area contributed by atoms with Crippen LogP contribution in [0.25, 0.3) is 0 Å². The first-order valence-electron chi connectivity index (χ1n) is 12.2. The van der Waals surface area contributed by atoms with Gasteiger partial charge in [-0.05, 0) is 99.5 Å². The summed E-state index contributed by atoms with van der Waals surface area (Å²) in [4.78, 5) is 1.13. The lowest BCUT2D eigenvalue weighted by molar-refractivity contribution is -0.0687. The summed E-state index contributed by atoms with van der Waals surface area (Å²) in [5, 5.41) is 3.88. The summed E-state index contributed by atoms with van der Waals surface area (Å²) in [6.07, 6.45) is 12.0. The molecule has 2 unspecified atom stereocenters. The molecule has 0 aromatic heterocycles. The Morgan fingerprint density at radius 2 is 1.70 bits per heavy atom. The summed E-state index contributed by atoms with van der Waals surface area (Å²) in [6.45, 7) is 3.13. The summed E-state index contributed by atoms with van der Waals surface area (Å²) in [5.74, 6) is 1.84. The highest BCUT2D eigenvalue weighted by molar-refractivity contribution is 7.80. The minimum Gasteiger partial charge on any atom is -0.376 e. The third-order valence-electron chi connectivity index (χ3n) is 9.51. The fourth-order valence-corrected chi connectivity index (χ4v) is 8.71. The highest BCUT2D eigenvalue weighted by Crippen LogP contribution is 2.71. The number of thiocarbonyl (C=S) groups is 1. The second-order valence-electron chi connectivity index (χ2n) is 11.0. The topological polar surface area (TPSA) is 38.0 Å². The van der Waals surface area contributed by atoms with Gasteiger partial charge in [-0.25, -0.2) is 0 Å². The Bertz CT molecular complexity index is 769. The number of benzene rings is 1. The van der Waals surface area contributed by atoms with Crippen molar-refractivity contribution in [2.24, 2.45) is 28.9 Å². The predicted molar refractivity (Wildman–Crippen MR) is 130 cm³/mol. The van der Waals surface area contributed by atoms with Crippen LogP contribution in [0.4, 0.5) is 0 Å². The summed E-state index contributed by atoms with van der Waals surface area (Å²) >= 11 is 13.6. The quantitative estimate of drug-likeness (QED) is 0.434. The van der Waals surface area contributed by atoms with Crippen molar-refractivity contribution in [3.63, 3.8) is 0 Å². The lowest BCUT2D eigenvalue weighted by Crippen LogP contribution is -2.66. The van der Waals surface area contributed by atoms with Crippen molar-refractivity contribution < 1.29 is 0 Å². The van der Waals surface area contributed by atoms with Crippen LogP contribution in [0.5, 0.6) is 0 Å². The first kappa shape index (κ1) is 21.2. The van der Waals surface area contributed by atoms with Gasteiger partial charge in [-0.1, -0.05) is 49.5 Å². The predicted octanol–water partition coefficient (Wildman–Crippen LogP) is 5.96. The maximum absolute atomic E-state index is 7.38. The maximum atomic E-state index is 7.38. The number of alkyl halides is 1. The normalized spacial score (nSPS) is 44.8. The van der Waals surface area contributed by atoms with Gasteiger partial charge in [-0.15, -0.1) is 11.6 Å². The van der Waals surface area contributed by atoms with Crippen LogP contribution in [0.2, 0.25) is 0 Å². The zero-order valence-corrected chi connectivity index (χ0v) is 19.9. The van der Waals surface area contributed by atoms with E-state index in [9.17, 15) is 0 Å². The van der Waals surface area contributed by atoms with E-state index in [0.29, 0.717) is 23.8 Å². The Kier molecular flexibility index (Phi) is 5.48. The molecule has 4 heteroatoms. The van der Waals surface area contributed by atoms with Crippen LogP contribution < -0.4 is 11.1 Å². The van der Waals surface area contributed by atoms with Crippen LogP contribution in [-0.2, 0) is 5.41 Å². The van der Waals surface area contributed by atoms with Crippen LogP contribution in [0, 0.1) is 23.2 Å². The molecule has 6 rings (SSSR count). The minimum atomic E-state index is -0.0308. The zero-order valence-electron chi connectivity index (χ0n) is 18.3. The van der Waals surface area contributed by atoms with E-state index in [-0.39, 0.29) is 15.7 Å². The molecule has 0 radical (unpaired) electrons. The van der Waals surface area contributed by atoms with Crippen molar-refractivity contribution in [1.29, 1.82) is 0 Å². The van der Waals surface area contributed by atoms with Crippen molar-refractivity contribution in [3.05, 3.63) is 35.9 Å². The number of hydrogen-bond acceptors (Lipinski definition) is 2. The molecule has 5 saturated carbocycles. The molecule has 2 nitrogen and oxygen atoms in total. The number of rotatable bonds is 5. The molecule has 5 aliphatic rings.